The van der Waals surface area contributed by atoms with Crippen molar-refractivity contribution >= 4 is 36.0 Å². The molecule has 0 spiro atoms. The van der Waals surface area contributed by atoms with Gasteiger partial charge in [0.25, 0.3) is 0 Å². The summed E-state index contributed by atoms with van der Waals surface area (Å²) in [5, 5.41) is 0. The second-order valence-electron chi connectivity index (χ2n) is 7.67. The van der Waals surface area contributed by atoms with Crippen LogP contribution in [-0.2, 0) is 4.79 Å². The van der Waals surface area contributed by atoms with Gasteiger partial charge in [0, 0.05) is 11.4 Å². The van der Waals surface area contributed by atoms with E-state index in [0.29, 0.717) is 0 Å². The second kappa shape index (κ2) is 13.4. The average molecular weight is 450 g/mol. The van der Waals surface area contributed by atoms with Crippen molar-refractivity contribution in [3.8, 4) is 5.75 Å². The first-order valence-corrected chi connectivity index (χ1v) is 11.5. The topological polar surface area (TPSA) is 29.5 Å². The standard InChI is InChI=1S/C30H29NO.CH2O/c1-2-3-24-32-29-22-19-25(20-23-29)18-21-26-12-10-11-17-30(26)31(27-13-6-4-7-14-27)28-15-8-5-9-16-28;1-2/h4-23H,2-3,24H2,1H3;1H2. The Balaban J connectivity index is 0.00000158. The Morgan fingerprint density at radius 2 is 1.26 bits per heavy atom. The molecule has 3 nitrogen and oxygen atoms in total. The van der Waals surface area contributed by atoms with Gasteiger partial charge in [-0.05, 0) is 60.0 Å². The van der Waals surface area contributed by atoms with Crippen LogP contribution >= 0.6 is 0 Å². The normalized spacial score (nSPS) is 10.4. The fraction of sp³-hybridized carbons (Fsp3) is 0.129. The molecule has 3 heteroatoms. The molecule has 0 aliphatic rings. The minimum atomic E-state index is 0.772. The van der Waals surface area contributed by atoms with Crippen LogP contribution in [0.5, 0.6) is 5.75 Å². The molecule has 0 heterocycles. The predicted molar refractivity (Wildman–Crippen MR) is 144 cm³/mol. The molecule has 0 bridgehead atoms. The van der Waals surface area contributed by atoms with Crippen LogP contribution < -0.4 is 9.64 Å². The van der Waals surface area contributed by atoms with Gasteiger partial charge in [0.2, 0.25) is 0 Å². The summed E-state index contributed by atoms with van der Waals surface area (Å²) in [5.41, 5.74) is 5.71. The summed E-state index contributed by atoms with van der Waals surface area (Å²) in [6.07, 6.45) is 6.56. The van der Waals surface area contributed by atoms with Gasteiger partial charge in [0.1, 0.15) is 12.5 Å². The summed E-state index contributed by atoms with van der Waals surface area (Å²) >= 11 is 0. The first-order valence-electron chi connectivity index (χ1n) is 11.5. The van der Waals surface area contributed by atoms with Crippen molar-refractivity contribution < 1.29 is 9.53 Å². The Kier molecular flexibility index (Phi) is 9.70. The smallest absolute Gasteiger partial charge is 0.119 e. The highest BCUT2D eigenvalue weighted by molar-refractivity contribution is 5.85. The minimum absolute atomic E-state index is 0.772. The van der Waals surface area contributed by atoms with Crippen LogP contribution in [0.2, 0.25) is 0 Å². The Hall–Kier alpha value is -4.11. The third-order valence-electron chi connectivity index (χ3n) is 5.31. The largest absolute Gasteiger partial charge is 0.494 e. The molecule has 0 unspecified atom stereocenters. The Morgan fingerprint density at radius 3 is 1.85 bits per heavy atom. The van der Waals surface area contributed by atoms with Gasteiger partial charge in [-0.2, -0.15) is 0 Å². The number of para-hydroxylation sites is 3. The molecule has 0 fully saturated rings. The van der Waals surface area contributed by atoms with Gasteiger partial charge in [-0.1, -0.05) is 92.2 Å². The van der Waals surface area contributed by atoms with Gasteiger partial charge in [-0.15, -0.1) is 0 Å². The molecule has 0 radical (unpaired) electrons. The number of unbranched alkanes of at least 4 members (excludes halogenated alkanes) is 1. The molecule has 0 atom stereocenters. The predicted octanol–water partition coefficient (Wildman–Crippen LogP) is 8.32. The molecular formula is C31H31NO2. The summed E-state index contributed by atoms with van der Waals surface area (Å²) in [4.78, 5) is 10.3. The maximum absolute atomic E-state index is 8.00. The lowest BCUT2D eigenvalue weighted by Crippen LogP contribution is -2.10. The lowest BCUT2D eigenvalue weighted by Gasteiger charge is -2.27. The Bertz CT molecular complexity index is 1100. The number of benzene rings is 4. The lowest BCUT2D eigenvalue weighted by atomic mass is 10.1. The number of anilines is 3. The van der Waals surface area contributed by atoms with Gasteiger partial charge < -0.3 is 14.4 Å². The second-order valence-corrected chi connectivity index (χ2v) is 7.67. The number of carbonyl (C=O) groups excluding carboxylic acids is 1. The minimum Gasteiger partial charge on any atom is -0.494 e. The number of hydrogen-bond donors (Lipinski definition) is 0. The van der Waals surface area contributed by atoms with Crippen molar-refractivity contribution in [2.24, 2.45) is 0 Å². The maximum atomic E-state index is 8.00. The van der Waals surface area contributed by atoms with E-state index in [9.17, 15) is 0 Å². The Morgan fingerprint density at radius 1 is 0.706 bits per heavy atom. The van der Waals surface area contributed by atoms with Crippen LogP contribution in [0.15, 0.2) is 109 Å². The molecule has 34 heavy (non-hydrogen) atoms. The fourth-order valence-corrected chi connectivity index (χ4v) is 3.61. The van der Waals surface area contributed by atoms with E-state index in [0.717, 1.165) is 53.4 Å². The van der Waals surface area contributed by atoms with Gasteiger partial charge >= 0.3 is 0 Å². The van der Waals surface area contributed by atoms with E-state index in [-0.39, 0.29) is 0 Å². The zero-order chi connectivity index (χ0) is 24.0. The highest BCUT2D eigenvalue weighted by atomic mass is 16.5. The van der Waals surface area contributed by atoms with Crippen LogP contribution in [0.1, 0.15) is 30.9 Å². The lowest BCUT2D eigenvalue weighted by molar-refractivity contribution is -0.0979. The molecule has 0 N–H and O–H groups in total. The average Bonchev–Trinajstić information content (AvgIpc) is 2.92. The maximum Gasteiger partial charge on any atom is 0.119 e. The molecule has 0 saturated heterocycles. The van der Waals surface area contributed by atoms with Crippen molar-refractivity contribution in [1.82, 2.24) is 0 Å². The highest BCUT2D eigenvalue weighted by Gasteiger charge is 2.14. The molecule has 4 rings (SSSR count). The summed E-state index contributed by atoms with van der Waals surface area (Å²) in [7, 11) is 0. The summed E-state index contributed by atoms with van der Waals surface area (Å²) in [5.74, 6) is 0.926. The quantitative estimate of drug-likeness (QED) is 0.190. The van der Waals surface area contributed by atoms with Gasteiger partial charge in [-0.3, -0.25) is 0 Å². The first kappa shape index (κ1) is 24.5. The third-order valence-corrected chi connectivity index (χ3v) is 5.31. The third kappa shape index (κ3) is 6.69. The summed E-state index contributed by atoms with van der Waals surface area (Å²) in [6, 6.07) is 37.8. The summed E-state index contributed by atoms with van der Waals surface area (Å²) in [6.45, 7) is 4.94. The van der Waals surface area contributed by atoms with Crippen molar-refractivity contribution in [2.75, 3.05) is 11.5 Å². The van der Waals surface area contributed by atoms with E-state index in [1.165, 1.54) is 0 Å². The molecule has 0 amide bonds. The van der Waals surface area contributed by atoms with Crippen LogP contribution in [-0.4, -0.2) is 13.4 Å². The molecule has 0 aliphatic carbocycles. The van der Waals surface area contributed by atoms with Gasteiger partial charge in [0.05, 0.1) is 12.3 Å². The highest BCUT2D eigenvalue weighted by Crippen LogP contribution is 2.36. The zero-order valence-electron chi connectivity index (χ0n) is 19.6. The van der Waals surface area contributed by atoms with Crippen LogP contribution in [0.3, 0.4) is 0 Å². The molecule has 4 aromatic rings. The fourth-order valence-electron chi connectivity index (χ4n) is 3.61. The number of nitrogens with zero attached hydrogens (tertiary/aromatic N) is 1. The van der Waals surface area contributed by atoms with Crippen LogP contribution in [0.4, 0.5) is 17.1 Å². The van der Waals surface area contributed by atoms with Crippen molar-refractivity contribution in [2.45, 2.75) is 19.8 Å². The molecule has 0 aliphatic heterocycles. The number of carbonyl (C=O) groups is 1. The molecule has 172 valence electrons. The Labute approximate surface area is 203 Å². The summed E-state index contributed by atoms with van der Waals surface area (Å²) < 4.78 is 5.78. The molecule has 0 saturated carbocycles. The van der Waals surface area contributed by atoms with E-state index < -0.39 is 0 Å². The number of rotatable bonds is 9. The molecule has 0 aromatic heterocycles. The SMILES string of the molecule is C=O.CCCCOc1ccc(C=Cc2ccccc2N(c2ccccc2)c2ccccc2)cc1. The molecule has 4 aromatic carbocycles. The van der Waals surface area contributed by atoms with E-state index in [1.807, 2.05) is 31.1 Å². The number of ether oxygens (including phenoxy) is 1. The van der Waals surface area contributed by atoms with E-state index in [4.69, 9.17) is 9.53 Å². The van der Waals surface area contributed by atoms with Crippen LogP contribution in [0, 0.1) is 0 Å². The molecular weight excluding hydrogens is 418 g/mol. The van der Waals surface area contributed by atoms with Gasteiger partial charge in [-0.25, -0.2) is 0 Å². The van der Waals surface area contributed by atoms with E-state index in [1.54, 1.807) is 0 Å². The van der Waals surface area contributed by atoms with Crippen molar-refractivity contribution in [3.05, 3.63) is 120 Å². The van der Waals surface area contributed by atoms with Crippen molar-refractivity contribution in [3.63, 3.8) is 0 Å². The monoisotopic (exact) mass is 449 g/mol. The van der Waals surface area contributed by atoms with Crippen LogP contribution in [0.25, 0.3) is 12.2 Å². The van der Waals surface area contributed by atoms with E-state index >= 15 is 0 Å². The zero-order valence-corrected chi connectivity index (χ0v) is 19.6. The van der Waals surface area contributed by atoms with Crippen molar-refractivity contribution in [1.29, 1.82) is 0 Å². The van der Waals surface area contributed by atoms with E-state index in [2.05, 4.69) is 109 Å². The van der Waals surface area contributed by atoms with Gasteiger partial charge in [0.15, 0.2) is 0 Å². The first-order chi connectivity index (χ1) is 16.8. The number of hydrogen-bond acceptors (Lipinski definition) is 3.